The Hall–Kier alpha value is -13.9. The number of amides is 8. The number of pyridine rings is 3. The van der Waals surface area contributed by atoms with Gasteiger partial charge in [0.2, 0.25) is 11.7 Å². The van der Waals surface area contributed by atoms with Gasteiger partial charge in [-0.05, 0) is 192 Å². The standard InChI is InChI=1S/C23H24N2O5.C22H13Cl2F2N3O2.C18H24N2O2S.C17H10Cl2F3N3O3.C17H12Cl2N2O6S/c1-29-19-11-10-14(12-20(19)30-15-6-2-3-7-15)18(13-21(24)26)25-22(27)16-8-4-5-9-17(16)23(25)28;23-17-8-27-9-18(24)20(17)28-22(31)21(30)16-11-29(10-12-1-3-13(25)4-2-12)19-6-5-14(26)7-15(16)19;1-17(2,3)11-7-10(8-12(14(11)21)18(4,5)6)9-13-15(22)20-16(19)23-13;1-28-12-4-2-9(8-3-5-13(17(20,21)22)23-14(8)12)16(26)24-15-10(18)6-25(27)7-11(15)19;1-28(24,25)27-9-3-5-11-13(7-9)26-16(14(11)21-17(20)23)15(22)10-4-2-8(18)6-12(10)19/h4-5,8-12,15,18H,2-3,6-7,13H2,1H3,(H2,24,26);1-9,11H,10H2,(H,27,28,31);7-9,21H,1-6H3,(H2,19,20,22);2-7,27H,1H3;2-7H,1H3,(H3,20,21,23)/b;;13-9-;;. The number of nitrogens with zero attached hydrogens (tertiary/aromatic N) is 6. The fraction of sp³-hybridized carbons (Fsp3) is 0.206. The molecule has 2 fully saturated rings. The number of aromatic hydroxyl groups is 1. The van der Waals surface area contributed by atoms with Crippen LogP contribution < -0.4 is 51.2 Å². The summed E-state index contributed by atoms with van der Waals surface area (Å²) in [6.45, 7) is 12.6. The van der Waals surface area contributed by atoms with Crippen LogP contribution in [0.15, 0.2) is 203 Å². The number of aromatic nitrogens is 4. The van der Waals surface area contributed by atoms with Crippen LogP contribution in [0, 0.1) is 17.0 Å². The number of phenolic OH excluding ortho intramolecular Hbond substituents is 1. The topological polar surface area (TPSA) is 442 Å². The first-order valence-electron chi connectivity index (χ1n) is 41.8. The molecule has 13 aromatic rings. The number of primary amides is 2. The lowest BCUT2D eigenvalue weighted by Gasteiger charge is -2.28. The summed E-state index contributed by atoms with van der Waals surface area (Å²) < 4.78 is 118. The third-order valence-electron chi connectivity index (χ3n) is 21.3. The van der Waals surface area contributed by atoms with Crippen molar-refractivity contribution in [1.82, 2.24) is 29.5 Å². The van der Waals surface area contributed by atoms with Crippen molar-refractivity contribution in [3.05, 3.63) is 308 Å². The largest absolute Gasteiger partial charge is 0.507 e. The minimum absolute atomic E-state index is 0.00964. The van der Waals surface area contributed by atoms with Crippen molar-refractivity contribution in [2.45, 2.75) is 109 Å². The molecule has 7 heterocycles. The van der Waals surface area contributed by atoms with Gasteiger partial charge in [-0.15, -0.1) is 0 Å². The number of anilines is 2. The molecule has 16 rings (SSSR count). The Morgan fingerprint density at radius 2 is 1.29 bits per heavy atom. The summed E-state index contributed by atoms with van der Waals surface area (Å²) in [5, 5.41) is 35.9. The van der Waals surface area contributed by atoms with Crippen molar-refractivity contribution in [1.29, 1.82) is 5.41 Å². The van der Waals surface area contributed by atoms with Gasteiger partial charge in [0.15, 0.2) is 22.4 Å². The number of nitrogens with one attached hydrogen (secondary N) is 4. The average Bonchev–Trinajstić information content (AvgIpc) is 1.54. The van der Waals surface area contributed by atoms with Crippen LogP contribution in [0.25, 0.3) is 38.9 Å². The van der Waals surface area contributed by atoms with Crippen LogP contribution in [-0.2, 0) is 48.1 Å². The predicted molar refractivity (Wildman–Crippen MR) is 521 cm³/mol. The van der Waals surface area contributed by atoms with Crippen LogP contribution in [0.3, 0.4) is 0 Å². The molecule has 0 radical (unpaired) electrons. The zero-order valence-corrected chi connectivity index (χ0v) is 81.3. The van der Waals surface area contributed by atoms with Gasteiger partial charge in [-0.3, -0.25) is 53.6 Å². The highest BCUT2D eigenvalue weighted by Gasteiger charge is 2.42. The maximum atomic E-state index is 13.9. The molecule has 0 bridgehead atoms. The number of ketones is 2. The van der Waals surface area contributed by atoms with Gasteiger partial charge in [0.1, 0.15) is 56.7 Å². The van der Waals surface area contributed by atoms with E-state index in [-0.39, 0.29) is 138 Å². The van der Waals surface area contributed by atoms with E-state index in [9.17, 15) is 83.8 Å². The predicted octanol–water partition coefficient (Wildman–Crippen LogP) is 21.0. The number of alkyl halides is 3. The molecule has 2 aliphatic heterocycles. The summed E-state index contributed by atoms with van der Waals surface area (Å²) in [7, 11) is -0.934. The van der Waals surface area contributed by atoms with Crippen LogP contribution in [0.1, 0.15) is 171 Å². The molecule has 30 nitrogen and oxygen atoms in total. The van der Waals surface area contributed by atoms with Gasteiger partial charge in [-0.1, -0.05) is 141 Å². The number of ether oxygens (including phenoxy) is 3. The van der Waals surface area contributed by atoms with E-state index in [1.54, 1.807) is 72.4 Å². The molecular weight excluding hydrogens is 1990 g/mol. The van der Waals surface area contributed by atoms with Crippen molar-refractivity contribution >= 4 is 200 Å². The Morgan fingerprint density at radius 3 is 1.85 bits per heavy atom. The first kappa shape index (κ1) is 105. The summed E-state index contributed by atoms with van der Waals surface area (Å²) in [6, 6.07) is 36.6. The number of Topliss-reactive ketones (excluding diaryl/α,β-unsaturated/α-hetero) is 1. The van der Waals surface area contributed by atoms with Crippen molar-refractivity contribution in [3.8, 4) is 28.7 Å². The van der Waals surface area contributed by atoms with Crippen molar-refractivity contribution in [2.75, 3.05) is 31.1 Å². The number of amidine groups is 1. The normalized spacial score (nSPS) is 13.6. The number of hydrogen-bond acceptors (Lipinski definition) is 22. The molecule has 1 unspecified atom stereocenters. The number of methoxy groups -OCH3 is 2. The Morgan fingerprint density at radius 1 is 0.686 bits per heavy atom. The molecule has 1 saturated carbocycles. The number of hydrogen-bond donors (Lipinski definition) is 8. The van der Waals surface area contributed by atoms with Crippen molar-refractivity contribution in [2.24, 2.45) is 16.5 Å². The second-order valence-electron chi connectivity index (χ2n) is 33.4. The molecule has 8 aromatic carbocycles. The van der Waals surface area contributed by atoms with Gasteiger partial charge in [0, 0.05) is 74.6 Å². The van der Waals surface area contributed by atoms with Crippen molar-refractivity contribution < 1.29 is 107 Å². The number of thioether (sulfide) groups is 1. The zero-order valence-electron chi connectivity index (χ0n) is 75.1. The van der Waals surface area contributed by atoms with E-state index in [1.165, 1.54) is 105 Å². The number of carbonyl (C=O) groups excluding carboxylic acids is 9. The molecule has 728 valence electrons. The van der Waals surface area contributed by atoms with E-state index in [2.05, 4.69) is 72.5 Å². The number of rotatable bonds is 20. The quantitative estimate of drug-likeness (QED) is 0.00668. The SMILES string of the molecule is CC(C)(C)c1cc(/C=C2\SC(=N)NC2=O)cc(C(C)(C)C)c1O.COc1ccc(C(=O)N=c2c(Cl)cn(O)cc2Cl)c2ccc(C(F)(F)F)nc12.COc1ccc(C(CC(N)=O)N2C(=O)c3ccccc3C2=O)cc1OC1CCCC1.CS(=O)(=O)Oc1ccc2c(NC(N)=O)c(C(=O)c3ccc(Cl)cc3Cl)oc2c1.O=C(Nc1c(Cl)cncc1Cl)C(=O)c1cn(Cc2ccc(F)cc2)c2ccc(F)cc12. The summed E-state index contributed by atoms with van der Waals surface area (Å²) in [5.41, 5.74) is 14.4. The van der Waals surface area contributed by atoms with Crippen LogP contribution in [0.5, 0.6) is 28.7 Å². The molecule has 5 aromatic heterocycles. The first-order chi connectivity index (χ1) is 65.9. The summed E-state index contributed by atoms with van der Waals surface area (Å²) in [4.78, 5) is 125. The average molecular weight is 2080 g/mol. The number of carbonyl (C=O) groups is 9. The Balaban J connectivity index is 0.000000157. The van der Waals surface area contributed by atoms with Gasteiger partial charge in [0.25, 0.3) is 35.3 Å². The molecule has 10 N–H and O–H groups in total. The molecule has 140 heavy (non-hydrogen) atoms. The summed E-state index contributed by atoms with van der Waals surface area (Å²) in [6.07, 6.45) is 8.26. The summed E-state index contributed by atoms with van der Waals surface area (Å²) >= 11 is 36.9. The number of fused-ring (bicyclic) bond motifs is 4. The van der Waals surface area contributed by atoms with Gasteiger partial charge in [0.05, 0.1) is 109 Å². The number of imide groups is 1. The molecule has 1 saturated heterocycles. The fourth-order valence-electron chi connectivity index (χ4n) is 14.9. The van der Waals surface area contributed by atoms with Gasteiger partial charge < -0.3 is 65.1 Å². The van der Waals surface area contributed by atoms with Crippen LogP contribution in [0.4, 0.5) is 38.1 Å². The smallest absolute Gasteiger partial charge is 0.433 e. The van der Waals surface area contributed by atoms with Crippen molar-refractivity contribution in [3.63, 3.8) is 0 Å². The van der Waals surface area contributed by atoms with Crippen LogP contribution in [0.2, 0.25) is 30.1 Å². The minimum Gasteiger partial charge on any atom is -0.507 e. The number of furan rings is 1. The lowest BCUT2D eigenvalue weighted by molar-refractivity contribution is -0.141. The Kier molecular flexibility index (Phi) is 32.7. The van der Waals surface area contributed by atoms with Gasteiger partial charge in [-0.2, -0.15) is 26.3 Å². The number of urea groups is 1. The third-order valence-corrected chi connectivity index (χ3v) is 24.3. The number of benzene rings is 8. The van der Waals surface area contributed by atoms with E-state index in [0.717, 1.165) is 95.4 Å². The molecule has 3 aliphatic rings. The van der Waals surface area contributed by atoms with Crippen LogP contribution >= 0.6 is 81.4 Å². The number of nitrogens with two attached hydrogens (primary N) is 2. The van der Waals surface area contributed by atoms with E-state index in [0.29, 0.717) is 66.0 Å². The van der Waals surface area contributed by atoms with E-state index >= 15 is 0 Å². The number of phenols is 1. The first-order valence-corrected chi connectivity index (χ1v) is 46.7. The van der Waals surface area contributed by atoms with E-state index < -0.39 is 81.0 Å². The lowest BCUT2D eigenvalue weighted by Crippen LogP contribution is -2.36. The highest BCUT2D eigenvalue weighted by molar-refractivity contribution is 8.18. The third kappa shape index (κ3) is 25.2. The number of halogens is 11. The maximum Gasteiger partial charge on any atom is 0.433 e. The van der Waals surface area contributed by atoms with Gasteiger partial charge in [-0.25, -0.2) is 23.6 Å². The highest BCUT2D eigenvalue weighted by atomic mass is 35.5. The Labute approximate surface area is 829 Å². The molecular formula is C97H83Cl6F5N12O18S2. The summed E-state index contributed by atoms with van der Waals surface area (Å²) in [5.74, 6) is -4.76. The monoisotopic (exact) mass is 2070 g/mol. The van der Waals surface area contributed by atoms with E-state index in [4.69, 9.17) is 109 Å². The zero-order chi connectivity index (χ0) is 102. The highest BCUT2D eigenvalue weighted by Crippen LogP contribution is 2.45. The minimum atomic E-state index is -4.66. The van der Waals surface area contributed by atoms with Crippen LogP contribution in [-0.4, -0.2) is 128 Å². The second kappa shape index (κ2) is 43.6. The van der Waals surface area contributed by atoms with Gasteiger partial charge >= 0.3 is 22.3 Å². The molecule has 0 spiro atoms. The Bertz CT molecular complexity index is 7290. The molecule has 1 atom stereocenters. The maximum absolute atomic E-state index is 13.9. The molecule has 1 aliphatic carbocycles. The van der Waals surface area contributed by atoms with E-state index in [1.807, 2.05) is 12.1 Å². The fourth-order valence-corrected chi connectivity index (χ4v) is 17.5. The lowest BCUT2D eigenvalue weighted by atomic mass is 9.78. The second-order valence-corrected chi connectivity index (χ2v) is 38.5. The molecule has 43 heteroatoms. The molecule has 8 amide bonds.